The van der Waals surface area contributed by atoms with E-state index in [4.69, 9.17) is 0 Å². The predicted octanol–water partition coefficient (Wildman–Crippen LogP) is 5.18. The second kappa shape index (κ2) is 11.4. The van der Waals surface area contributed by atoms with Gasteiger partial charge in [0.05, 0.1) is 0 Å². The molecule has 0 saturated carbocycles. The Morgan fingerprint density at radius 1 is 1.03 bits per heavy atom. The maximum absolute atomic E-state index is 13.0. The van der Waals surface area contributed by atoms with Gasteiger partial charge in [-0.25, -0.2) is 0 Å². The number of rotatable bonds is 9. The second-order valence-electron chi connectivity index (χ2n) is 7.40. The standard InChI is InChI=1S/C23H29BrN2O2S/c1-16(2)25-23(28)18(4)26(15-19-7-9-20(24)10-8-19)22(27)13-14-29-21-11-5-17(3)6-12-21/h5-12,16,18H,13-15H2,1-4H3,(H,25,28). The van der Waals surface area contributed by atoms with Crippen LogP contribution in [0.2, 0.25) is 0 Å². The van der Waals surface area contributed by atoms with Crippen molar-refractivity contribution in [1.29, 1.82) is 0 Å². The lowest BCUT2D eigenvalue weighted by atomic mass is 10.1. The van der Waals surface area contributed by atoms with E-state index in [1.54, 1.807) is 23.6 Å². The van der Waals surface area contributed by atoms with E-state index < -0.39 is 6.04 Å². The summed E-state index contributed by atoms with van der Waals surface area (Å²) in [7, 11) is 0. The summed E-state index contributed by atoms with van der Waals surface area (Å²) in [5.41, 5.74) is 2.22. The first-order valence-electron chi connectivity index (χ1n) is 9.80. The number of aryl methyl sites for hydroxylation is 1. The zero-order valence-electron chi connectivity index (χ0n) is 17.4. The van der Waals surface area contributed by atoms with Crippen LogP contribution in [0, 0.1) is 6.92 Å². The topological polar surface area (TPSA) is 49.4 Å². The summed E-state index contributed by atoms with van der Waals surface area (Å²) in [6, 6.07) is 15.6. The predicted molar refractivity (Wildman–Crippen MR) is 124 cm³/mol. The van der Waals surface area contributed by atoms with E-state index in [1.165, 1.54) is 5.56 Å². The molecule has 156 valence electrons. The number of hydrogen-bond donors (Lipinski definition) is 1. The van der Waals surface area contributed by atoms with Gasteiger partial charge >= 0.3 is 0 Å². The number of benzene rings is 2. The van der Waals surface area contributed by atoms with Gasteiger partial charge in [0.25, 0.3) is 0 Å². The normalized spacial score (nSPS) is 11.9. The highest BCUT2D eigenvalue weighted by atomic mass is 79.9. The molecule has 1 N–H and O–H groups in total. The fourth-order valence-electron chi connectivity index (χ4n) is 2.81. The van der Waals surface area contributed by atoms with Crippen molar-refractivity contribution >= 4 is 39.5 Å². The Labute approximate surface area is 186 Å². The molecule has 29 heavy (non-hydrogen) atoms. The molecule has 0 spiro atoms. The molecule has 0 aromatic heterocycles. The molecule has 2 amide bonds. The number of amides is 2. The van der Waals surface area contributed by atoms with E-state index >= 15 is 0 Å². The van der Waals surface area contributed by atoms with E-state index in [9.17, 15) is 9.59 Å². The van der Waals surface area contributed by atoms with Gasteiger partial charge in [-0.2, -0.15) is 0 Å². The smallest absolute Gasteiger partial charge is 0.242 e. The van der Waals surface area contributed by atoms with Crippen molar-refractivity contribution < 1.29 is 9.59 Å². The largest absolute Gasteiger partial charge is 0.352 e. The first-order valence-corrected chi connectivity index (χ1v) is 11.6. The molecule has 0 heterocycles. The van der Waals surface area contributed by atoms with Crippen LogP contribution in [0.1, 0.15) is 38.3 Å². The minimum Gasteiger partial charge on any atom is -0.352 e. The third-order valence-corrected chi connectivity index (χ3v) is 6.01. The summed E-state index contributed by atoms with van der Waals surface area (Å²) in [5.74, 6) is 0.535. The summed E-state index contributed by atoms with van der Waals surface area (Å²) in [4.78, 5) is 28.4. The Balaban J connectivity index is 2.05. The molecule has 0 saturated heterocycles. The Bertz CT molecular complexity index is 807. The van der Waals surface area contributed by atoms with Crippen LogP contribution >= 0.6 is 27.7 Å². The molecule has 0 bridgehead atoms. The van der Waals surface area contributed by atoms with Crippen molar-refractivity contribution in [3.8, 4) is 0 Å². The van der Waals surface area contributed by atoms with E-state index in [1.807, 2.05) is 38.1 Å². The van der Waals surface area contributed by atoms with Crippen LogP contribution in [0.25, 0.3) is 0 Å². The highest BCUT2D eigenvalue weighted by Gasteiger charge is 2.26. The molecule has 0 aliphatic rings. The Hall–Kier alpha value is -1.79. The maximum atomic E-state index is 13.0. The maximum Gasteiger partial charge on any atom is 0.242 e. The summed E-state index contributed by atoms with van der Waals surface area (Å²) in [6.45, 7) is 8.10. The average molecular weight is 477 g/mol. The van der Waals surface area contributed by atoms with Gasteiger partial charge in [0.1, 0.15) is 6.04 Å². The number of thioether (sulfide) groups is 1. The van der Waals surface area contributed by atoms with Crippen LogP contribution in [-0.2, 0) is 16.1 Å². The average Bonchev–Trinajstić information content (AvgIpc) is 2.68. The van der Waals surface area contributed by atoms with E-state index in [2.05, 4.69) is 52.4 Å². The van der Waals surface area contributed by atoms with Crippen molar-refractivity contribution in [3.63, 3.8) is 0 Å². The molecule has 0 fully saturated rings. The second-order valence-corrected chi connectivity index (χ2v) is 9.48. The van der Waals surface area contributed by atoms with Gasteiger partial charge in [0, 0.05) is 34.1 Å². The summed E-state index contributed by atoms with van der Waals surface area (Å²) >= 11 is 5.09. The number of carbonyl (C=O) groups is 2. The molecule has 2 rings (SSSR count). The minimum atomic E-state index is -0.530. The highest BCUT2D eigenvalue weighted by Crippen LogP contribution is 2.21. The number of carbonyl (C=O) groups excluding carboxylic acids is 2. The molecular formula is C23H29BrN2O2S. The molecule has 1 atom stereocenters. The summed E-state index contributed by atoms with van der Waals surface area (Å²) in [6.07, 6.45) is 0.383. The molecule has 0 aliphatic carbocycles. The Kier molecular flexibility index (Phi) is 9.24. The van der Waals surface area contributed by atoms with Gasteiger partial charge in [-0.3, -0.25) is 9.59 Å². The van der Waals surface area contributed by atoms with Crippen molar-refractivity contribution in [1.82, 2.24) is 10.2 Å². The van der Waals surface area contributed by atoms with Crippen LogP contribution in [0.4, 0.5) is 0 Å². The van der Waals surface area contributed by atoms with E-state index in [0.29, 0.717) is 18.7 Å². The van der Waals surface area contributed by atoms with Crippen molar-refractivity contribution in [3.05, 3.63) is 64.1 Å². The third kappa shape index (κ3) is 7.86. The van der Waals surface area contributed by atoms with Crippen LogP contribution in [0.5, 0.6) is 0 Å². The fraction of sp³-hybridized carbons (Fsp3) is 0.391. The zero-order chi connectivity index (χ0) is 21.4. The molecule has 2 aromatic carbocycles. The lowest BCUT2D eigenvalue weighted by Crippen LogP contribution is -2.49. The first kappa shape index (κ1) is 23.5. The first-order chi connectivity index (χ1) is 13.8. The van der Waals surface area contributed by atoms with Gasteiger partial charge in [-0.05, 0) is 57.5 Å². The lowest BCUT2D eigenvalue weighted by molar-refractivity contribution is -0.140. The van der Waals surface area contributed by atoms with Crippen molar-refractivity contribution in [2.75, 3.05) is 5.75 Å². The third-order valence-electron chi connectivity index (χ3n) is 4.47. The quantitative estimate of drug-likeness (QED) is 0.507. The SMILES string of the molecule is Cc1ccc(SCCC(=O)N(Cc2ccc(Br)cc2)C(C)C(=O)NC(C)C)cc1. The monoisotopic (exact) mass is 476 g/mol. The molecule has 6 heteroatoms. The van der Waals surface area contributed by atoms with Crippen molar-refractivity contribution in [2.45, 2.75) is 57.6 Å². The van der Waals surface area contributed by atoms with Gasteiger partial charge in [-0.1, -0.05) is 45.8 Å². The van der Waals surface area contributed by atoms with Crippen LogP contribution in [0.15, 0.2) is 57.9 Å². The number of nitrogens with zero attached hydrogens (tertiary/aromatic N) is 1. The van der Waals surface area contributed by atoms with Gasteiger partial charge in [-0.15, -0.1) is 11.8 Å². The molecule has 2 aromatic rings. The van der Waals surface area contributed by atoms with Gasteiger partial charge < -0.3 is 10.2 Å². The van der Waals surface area contributed by atoms with Crippen LogP contribution < -0.4 is 5.32 Å². The number of nitrogens with one attached hydrogen (secondary N) is 1. The van der Waals surface area contributed by atoms with E-state index in [0.717, 1.165) is 14.9 Å². The molecule has 1 unspecified atom stereocenters. The van der Waals surface area contributed by atoms with Gasteiger partial charge in [0.15, 0.2) is 0 Å². The lowest BCUT2D eigenvalue weighted by Gasteiger charge is -2.29. The molecule has 4 nitrogen and oxygen atoms in total. The zero-order valence-corrected chi connectivity index (χ0v) is 19.8. The highest BCUT2D eigenvalue weighted by molar-refractivity contribution is 9.10. The summed E-state index contributed by atoms with van der Waals surface area (Å²) in [5, 5.41) is 2.91. The van der Waals surface area contributed by atoms with Gasteiger partial charge in [0.2, 0.25) is 11.8 Å². The Morgan fingerprint density at radius 2 is 1.66 bits per heavy atom. The summed E-state index contributed by atoms with van der Waals surface area (Å²) < 4.78 is 0.985. The van der Waals surface area contributed by atoms with Crippen LogP contribution in [0.3, 0.4) is 0 Å². The molecule has 0 aliphatic heterocycles. The fourth-order valence-corrected chi connectivity index (χ4v) is 3.91. The van der Waals surface area contributed by atoms with Crippen molar-refractivity contribution in [2.24, 2.45) is 0 Å². The van der Waals surface area contributed by atoms with Crippen LogP contribution in [-0.4, -0.2) is 34.6 Å². The minimum absolute atomic E-state index is 0.0149. The molecule has 0 radical (unpaired) electrons. The Morgan fingerprint density at radius 3 is 2.24 bits per heavy atom. The number of halogens is 1. The van der Waals surface area contributed by atoms with E-state index in [-0.39, 0.29) is 17.9 Å². The number of hydrogen-bond acceptors (Lipinski definition) is 3. The molecular weight excluding hydrogens is 448 g/mol.